The molecule has 0 saturated carbocycles. The van der Waals surface area contributed by atoms with Crippen molar-refractivity contribution in [3.05, 3.63) is 22.1 Å². The van der Waals surface area contributed by atoms with Crippen LogP contribution >= 0.6 is 0 Å². The molecule has 0 aliphatic carbocycles. The van der Waals surface area contributed by atoms with E-state index in [1.54, 1.807) is 11.6 Å². The number of hydrogen-bond acceptors (Lipinski definition) is 3. The van der Waals surface area contributed by atoms with E-state index in [0.717, 1.165) is 5.82 Å². The first kappa shape index (κ1) is 8.70. The van der Waals surface area contributed by atoms with Crippen LogP contribution in [0.4, 0.5) is 5.82 Å². The van der Waals surface area contributed by atoms with Crippen molar-refractivity contribution < 1.29 is 4.92 Å². The topological polar surface area (TPSA) is 61.0 Å². The maximum Gasteiger partial charge on any atom is 0.381 e. The van der Waals surface area contributed by atoms with Crippen LogP contribution in [0.25, 0.3) is 0 Å². The smallest absolute Gasteiger partial charge is 0.358 e. The predicted molar refractivity (Wildman–Crippen MR) is 44.0 cm³/mol. The number of aryl methyl sites for hydroxylation is 1. The van der Waals surface area contributed by atoms with Crippen LogP contribution in [0, 0.1) is 10.1 Å². The molecule has 0 bridgehead atoms. The van der Waals surface area contributed by atoms with Crippen LogP contribution in [0.3, 0.4) is 0 Å². The largest absolute Gasteiger partial charge is 0.381 e. The first-order valence-electron chi connectivity index (χ1n) is 3.70. The van der Waals surface area contributed by atoms with Crippen molar-refractivity contribution in [2.75, 3.05) is 0 Å². The molecule has 0 aliphatic heterocycles. The number of nitrogens with zero attached hydrogens (tertiary/aromatic N) is 3. The van der Waals surface area contributed by atoms with E-state index in [1.165, 1.54) is 6.20 Å². The number of aromatic nitrogens is 2. The summed E-state index contributed by atoms with van der Waals surface area (Å²) in [7, 11) is 1.76. The van der Waals surface area contributed by atoms with Gasteiger partial charge in [-0.2, -0.15) is 0 Å². The van der Waals surface area contributed by atoms with E-state index in [-0.39, 0.29) is 11.7 Å². The molecule has 0 aromatic carbocycles. The fourth-order valence-electron chi connectivity index (χ4n) is 1.09. The Morgan fingerprint density at radius 3 is 2.50 bits per heavy atom. The van der Waals surface area contributed by atoms with E-state index >= 15 is 0 Å². The summed E-state index contributed by atoms with van der Waals surface area (Å²) in [5, 5.41) is 10.3. The van der Waals surface area contributed by atoms with Gasteiger partial charge in [-0.1, -0.05) is 13.8 Å². The summed E-state index contributed by atoms with van der Waals surface area (Å²) >= 11 is 0. The van der Waals surface area contributed by atoms with Crippen LogP contribution in [0.15, 0.2) is 6.20 Å². The minimum absolute atomic E-state index is 0.0822. The molecule has 0 amide bonds. The molecule has 0 spiro atoms. The van der Waals surface area contributed by atoms with E-state index in [0.29, 0.717) is 0 Å². The summed E-state index contributed by atoms with van der Waals surface area (Å²) in [6, 6.07) is 0. The summed E-state index contributed by atoms with van der Waals surface area (Å²) in [6.45, 7) is 3.90. The standard InChI is InChI=1S/C7H11N3O2/c1-5(2)7-8-6(10(11)12)4-9(7)3/h4-5H,1-3H3. The maximum absolute atomic E-state index is 10.3. The molecular formula is C7H11N3O2. The summed E-state index contributed by atoms with van der Waals surface area (Å²) < 4.78 is 1.68. The van der Waals surface area contributed by atoms with Crippen LogP contribution in [-0.2, 0) is 7.05 Å². The minimum atomic E-state index is -0.480. The normalized spacial score (nSPS) is 10.7. The Kier molecular flexibility index (Phi) is 2.12. The van der Waals surface area contributed by atoms with Gasteiger partial charge in [-0.25, -0.2) is 0 Å². The van der Waals surface area contributed by atoms with Crippen LogP contribution in [-0.4, -0.2) is 14.5 Å². The summed E-state index contributed by atoms with van der Waals surface area (Å²) in [4.78, 5) is 13.7. The maximum atomic E-state index is 10.3. The zero-order chi connectivity index (χ0) is 9.30. The van der Waals surface area contributed by atoms with Gasteiger partial charge in [-0.15, -0.1) is 0 Å². The molecule has 1 rings (SSSR count). The molecule has 66 valence electrons. The Labute approximate surface area is 70.2 Å². The van der Waals surface area contributed by atoms with Crippen molar-refractivity contribution in [1.82, 2.24) is 9.55 Å². The lowest BCUT2D eigenvalue weighted by molar-refractivity contribution is -0.389. The summed E-state index contributed by atoms with van der Waals surface area (Å²) in [5.74, 6) is 0.867. The zero-order valence-electron chi connectivity index (χ0n) is 7.31. The van der Waals surface area contributed by atoms with E-state index < -0.39 is 4.92 Å². The molecule has 0 aliphatic rings. The quantitative estimate of drug-likeness (QED) is 0.497. The second kappa shape index (κ2) is 2.92. The fraction of sp³-hybridized carbons (Fsp3) is 0.571. The molecule has 1 aromatic heterocycles. The van der Waals surface area contributed by atoms with Crippen molar-refractivity contribution in [2.24, 2.45) is 7.05 Å². The molecule has 12 heavy (non-hydrogen) atoms. The van der Waals surface area contributed by atoms with Crippen molar-refractivity contribution >= 4 is 5.82 Å². The van der Waals surface area contributed by atoms with Gasteiger partial charge in [0.1, 0.15) is 6.20 Å². The minimum Gasteiger partial charge on any atom is -0.358 e. The van der Waals surface area contributed by atoms with Gasteiger partial charge >= 0.3 is 5.82 Å². The first-order chi connectivity index (χ1) is 5.52. The molecule has 1 heterocycles. The molecule has 0 radical (unpaired) electrons. The van der Waals surface area contributed by atoms with E-state index in [4.69, 9.17) is 0 Å². The molecule has 0 saturated heterocycles. The predicted octanol–water partition coefficient (Wildman–Crippen LogP) is 1.45. The average Bonchev–Trinajstić information content (AvgIpc) is 2.30. The van der Waals surface area contributed by atoms with Crippen molar-refractivity contribution in [2.45, 2.75) is 19.8 Å². The average molecular weight is 169 g/mol. The van der Waals surface area contributed by atoms with Gasteiger partial charge in [-0.05, 0) is 9.91 Å². The second-order valence-electron chi connectivity index (χ2n) is 2.98. The van der Waals surface area contributed by atoms with Crippen LogP contribution in [0.2, 0.25) is 0 Å². The fourth-order valence-corrected chi connectivity index (χ4v) is 1.09. The van der Waals surface area contributed by atoms with Gasteiger partial charge in [0.05, 0.1) is 0 Å². The van der Waals surface area contributed by atoms with Crippen LogP contribution < -0.4 is 0 Å². The highest BCUT2D eigenvalue weighted by Gasteiger charge is 2.18. The van der Waals surface area contributed by atoms with Gasteiger partial charge in [0.25, 0.3) is 0 Å². The number of nitro groups is 1. The lowest BCUT2D eigenvalue weighted by Gasteiger charge is -1.97. The Bertz CT molecular complexity index is 304. The molecular weight excluding hydrogens is 158 g/mol. The van der Waals surface area contributed by atoms with E-state index in [2.05, 4.69) is 4.98 Å². The monoisotopic (exact) mass is 169 g/mol. The van der Waals surface area contributed by atoms with Gasteiger partial charge in [0.15, 0.2) is 0 Å². The summed E-state index contributed by atoms with van der Waals surface area (Å²) in [5.41, 5.74) is 0. The second-order valence-corrected chi connectivity index (χ2v) is 2.98. The lowest BCUT2D eigenvalue weighted by atomic mass is 10.2. The molecule has 0 atom stereocenters. The molecule has 0 N–H and O–H groups in total. The Balaban J connectivity index is 3.09. The molecule has 1 aromatic rings. The van der Waals surface area contributed by atoms with Crippen molar-refractivity contribution in [1.29, 1.82) is 0 Å². The van der Waals surface area contributed by atoms with E-state index in [1.807, 2.05) is 13.8 Å². The Morgan fingerprint density at radius 2 is 2.25 bits per heavy atom. The van der Waals surface area contributed by atoms with Gasteiger partial charge in [0.2, 0.25) is 5.82 Å². The number of imidazole rings is 1. The van der Waals surface area contributed by atoms with Crippen molar-refractivity contribution in [3.63, 3.8) is 0 Å². The third-order valence-corrected chi connectivity index (χ3v) is 1.60. The molecule has 0 unspecified atom stereocenters. The van der Waals surface area contributed by atoms with Gasteiger partial charge in [-0.3, -0.25) is 0 Å². The van der Waals surface area contributed by atoms with Crippen LogP contribution in [0.1, 0.15) is 25.6 Å². The Hall–Kier alpha value is -1.39. The molecule has 5 heteroatoms. The molecule has 0 fully saturated rings. The summed E-state index contributed by atoms with van der Waals surface area (Å²) in [6.07, 6.45) is 1.43. The number of rotatable bonds is 2. The zero-order valence-corrected chi connectivity index (χ0v) is 7.31. The first-order valence-corrected chi connectivity index (χ1v) is 3.70. The highest BCUT2D eigenvalue weighted by atomic mass is 16.6. The Morgan fingerprint density at radius 1 is 1.67 bits per heavy atom. The lowest BCUT2D eigenvalue weighted by Crippen LogP contribution is -1.98. The van der Waals surface area contributed by atoms with Crippen molar-refractivity contribution in [3.8, 4) is 0 Å². The number of hydrogen-bond donors (Lipinski definition) is 0. The van der Waals surface area contributed by atoms with E-state index in [9.17, 15) is 10.1 Å². The highest BCUT2D eigenvalue weighted by molar-refractivity contribution is 5.18. The third kappa shape index (κ3) is 1.44. The van der Waals surface area contributed by atoms with Crippen LogP contribution in [0.5, 0.6) is 0 Å². The third-order valence-electron chi connectivity index (χ3n) is 1.60. The highest BCUT2D eigenvalue weighted by Crippen LogP contribution is 2.16. The van der Waals surface area contributed by atoms with Gasteiger partial charge < -0.3 is 14.7 Å². The molecule has 5 nitrogen and oxygen atoms in total. The van der Waals surface area contributed by atoms with Gasteiger partial charge in [0, 0.05) is 13.0 Å². The SMILES string of the molecule is CC(C)c1nc([N+](=O)[O-])cn1C.